The van der Waals surface area contributed by atoms with E-state index in [1.54, 1.807) is 55.5 Å². The van der Waals surface area contributed by atoms with Gasteiger partial charge in [-0.3, -0.25) is 13.9 Å². The summed E-state index contributed by atoms with van der Waals surface area (Å²) >= 11 is 18.7. The standard InChI is InChI=1S/C29H32Cl3N3O4S/c1-5-20(3)33-29(37)21(4)34(17-22-11-12-24(31)16-27(22)32)28(36)18-35(25-8-6-7-23(30)15-25)40(38,39)26-13-9-19(2)10-14-26/h6-16,20-21H,5,17-18H2,1-4H3,(H,33,37). The molecule has 1 N–H and O–H groups in total. The highest BCUT2D eigenvalue weighted by Crippen LogP contribution is 2.28. The molecule has 0 fully saturated rings. The highest BCUT2D eigenvalue weighted by molar-refractivity contribution is 7.92. The van der Waals surface area contributed by atoms with Crippen molar-refractivity contribution in [3.8, 4) is 0 Å². The molecular weight excluding hydrogens is 593 g/mol. The van der Waals surface area contributed by atoms with Crippen molar-refractivity contribution in [1.82, 2.24) is 10.2 Å². The molecule has 0 aromatic heterocycles. The third kappa shape index (κ3) is 7.91. The Balaban J connectivity index is 2.05. The first-order valence-corrected chi connectivity index (χ1v) is 15.3. The van der Waals surface area contributed by atoms with Crippen LogP contribution in [0.25, 0.3) is 0 Å². The number of rotatable bonds is 11. The van der Waals surface area contributed by atoms with E-state index < -0.39 is 28.5 Å². The fourth-order valence-electron chi connectivity index (χ4n) is 3.88. The maximum absolute atomic E-state index is 14.0. The summed E-state index contributed by atoms with van der Waals surface area (Å²) in [5, 5.41) is 3.94. The normalized spacial score (nSPS) is 12.9. The van der Waals surface area contributed by atoms with E-state index >= 15 is 0 Å². The molecule has 2 unspecified atom stereocenters. The average molecular weight is 625 g/mol. The van der Waals surface area contributed by atoms with Gasteiger partial charge in [-0.25, -0.2) is 8.42 Å². The zero-order chi connectivity index (χ0) is 29.6. The number of benzene rings is 3. The minimum atomic E-state index is -4.19. The minimum absolute atomic E-state index is 0.0146. The number of hydrogen-bond acceptors (Lipinski definition) is 4. The van der Waals surface area contributed by atoms with Crippen LogP contribution in [-0.2, 0) is 26.2 Å². The number of carbonyl (C=O) groups is 2. The van der Waals surface area contributed by atoms with Crippen LogP contribution in [0.3, 0.4) is 0 Å². The molecule has 3 rings (SSSR count). The number of nitrogens with zero attached hydrogens (tertiary/aromatic N) is 2. The van der Waals surface area contributed by atoms with Gasteiger partial charge in [-0.05, 0) is 75.2 Å². The van der Waals surface area contributed by atoms with Crippen LogP contribution in [0.15, 0.2) is 71.6 Å². The quantitative estimate of drug-likeness (QED) is 0.265. The molecule has 7 nitrogen and oxygen atoms in total. The molecule has 3 aromatic carbocycles. The summed E-state index contributed by atoms with van der Waals surface area (Å²) in [6.45, 7) is 6.62. The molecule has 0 bridgehead atoms. The molecule has 0 spiro atoms. The summed E-state index contributed by atoms with van der Waals surface area (Å²) in [5.74, 6) is -0.975. The number of nitrogens with one attached hydrogen (secondary N) is 1. The topological polar surface area (TPSA) is 86.8 Å². The predicted molar refractivity (Wildman–Crippen MR) is 162 cm³/mol. The molecule has 0 aliphatic heterocycles. The first-order chi connectivity index (χ1) is 18.8. The molecule has 0 saturated heterocycles. The second-order valence-electron chi connectivity index (χ2n) is 9.56. The van der Waals surface area contributed by atoms with Gasteiger partial charge in [-0.2, -0.15) is 0 Å². The van der Waals surface area contributed by atoms with E-state index in [-0.39, 0.29) is 29.1 Å². The van der Waals surface area contributed by atoms with Gasteiger partial charge >= 0.3 is 0 Å². The van der Waals surface area contributed by atoms with E-state index in [2.05, 4.69) is 5.32 Å². The van der Waals surface area contributed by atoms with E-state index in [1.165, 1.54) is 23.1 Å². The van der Waals surface area contributed by atoms with Crippen molar-refractivity contribution in [2.75, 3.05) is 10.8 Å². The van der Waals surface area contributed by atoms with E-state index in [4.69, 9.17) is 34.8 Å². The SMILES string of the molecule is CCC(C)NC(=O)C(C)N(Cc1ccc(Cl)cc1Cl)C(=O)CN(c1cccc(Cl)c1)S(=O)(=O)c1ccc(C)cc1. The van der Waals surface area contributed by atoms with Crippen LogP contribution >= 0.6 is 34.8 Å². The molecule has 0 radical (unpaired) electrons. The number of carbonyl (C=O) groups excluding carboxylic acids is 2. The van der Waals surface area contributed by atoms with Crippen molar-refractivity contribution >= 4 is 62.3 Å². The van der Waals surface area contributed by atoms with Crippen LogP contribution in [0.4, 0.5) is 5.69 Å². The molecule has 0 aliphatic rings. The number of hydrogen-bond donors (Lipinski definition) is 1. The average Bonchev–Trinajstić information content (AvgIpc) is 2.90. The lowest BCUT2D eigenvalue weighted by Crippen LogP contribution is -2.52. The van der Waals surface area contributed by atoms with Crippen molar-refractivity contribution in [1.29, 1.82) is 0 Å². The van der Waals surface area contributed by atoms with Gasteiger partial charge in [0.1, 0.15) is 12.6 Å². The summed E-state index contributed by atoms with van der Waals surface area (Å²) in [6.07, 6.45) is 0.701. The molecule has 0 heterocycles. The van der Waals surface area contributed by atoms with Gasteiger partial charge in [0, 0.05) is 27.7 Å². The summed E-state index contributed by atoms with van der Waals surface area (Å²) in [5.41, 5.74) is 1.65. The van der Waals surface area contributed by atoms with Crippen molar-refractivity contribution in [3.05, 3.63) is 92.9 Å². The lowest BCUT2D eigenvalue weighted by atomic mass is 10.1. The summed E-state index contributed by atoms with van der Waals surface area (Å²) in [7, 11) is -4.19. The van der Waals surface area contributed by atoms with Crippen molar-refractivity contribution in [2.24, 2.45) is 0 Å². The number of sulfonamides is 1. The second-order valence-corrected chi connectivity index (χ2v) is 12.7. The molecule has 0 saturated carbocycles. The Kier molecular flexibility index (Phi) is 10.9. The van der Waals surface area contributed by atoms with Crippen LogP contribution in [0.1, 0.15) is 38.3 Å². The van der Waals surface area contributed by atoms with Crippen LogP contribution in [-0.4, -0.2) is 43.8 Å². The Labute approximate surface area is 251 Å². The molecule has 2 amide bonds. The molecule has 3 aromatic rings. The van der Waals surface area contributed by atoms with Crippen LogP contribution in [0.5, 0.6) is 0 Å². The van der Waals surface area contributed by atoms with Crippen LogP contribution < -0.4 is 9.62 Å². The first-order valence-electron chi connectivity index (χ1n) is 12.7. The van der Waals surface area contributed by atoms with Crippen LogP contribution in [0, 0.1) is 6.92 Å². The number of amides is 2. The zero-order valence-electron chi connectivity index (χ0n) is 22.7. The molecule has 40 heavy (non-hydrogen) atoms. The van der Waals surface area contributed by atoms with Crippen LogP contribution in [0.2, 0.25) is 15.1 Å². The first kappa shape index (κ1) is 31.7. The van der Waals surface area contributed by atoms with Gasteiger partial charge in [-0.1, -0.05) is 71.6 Å². The van der Waals surface area contributed by atoms with Gasteiger partial charge in [0.15, 0.2) is 0 Å². The summed E-state index contributed by atoms with van der Waals surface area (Å²) < 4.78 is 28.7. The van der Waals surface area contributed by atoms with Gasteiger partial charge in [0.25, 0.3) is 10.0 Å². The largest absolute Gasteiger partial charge is 0.352 e. The van der Waals surface area contributed by atoms with Gasteiger partial charge in [0.2, 0.25) is 11.8 Å². The third-order valence-electron chi connectivity index (χ3n) is 6.51. The number of aryl methyl sites for hydroxylation is 1. The Hall–Kier alpha value is -2.78. The third-order valence-corrected chi connectivity index (χ3v) is 9.12. The van der Waals surface area contributed by atoms with Crippen molar-refractivity contribution < 1.29 is 18.0 Å². The van der Waals surface area contributed by atoms with Gasteiger partial charge in [0.05, 0.1) is 10.6 Å². The summed E-state index contributed by atoms with van der Waals surface area (Å²) in [4.78, 5) is 28.4. The Morgan fingerprint density at radius 3 is 2.17 bits per heavy atom. The van der Waals surface area contributed by atoms with Crippen molar-refractivity contribution in [2.45, 2.75) is 57.6 Å². The smallest absolute Gasteiger partial charge is 0.264 e. The lowest BCUT2D eigenvalue weighted by Gasteiger charge is -2.32. The summed E-state index contributed by atoms with van der Waals surface area (Å²) in [6, 6.07) is 16.4. The minimum Gasteiger partial charge on any atom is -0.352 e. The van der Waals surface area contributed by atoms with Gasteiger partial charge < -0.3 is 10.2 Å². The number of halogens is 3. The molecule has 11 heteroatoms. The Morgan fingerprint density at radius 1 is 0.925 bits per heavy atom. The van der Waals surface area contributed by atoms with E-state index in [1.807, 2.05) is 20.8 Å². The monoisotopic (exact) mass is 623 g/mol. The molecular formula is C29H32Cl3N3O4S. The van der Waals surface area contributed by atoms with Crippen molar-refractivity contribution in [3.63, 3.8) is 0 Å². The van der Waals surface area contributed by atoms with E-state index in [0.717, 1.165) is 9.87 Å². The maximum atomic E-state index is 14.0. The van der Waals surface area contributed by atoms with E-state index in [0.29, 0.717) is 27.1 Å². The Morgan fingerprint density at radius 2 is 1.57 bits per heavy atom. The molecule has 214 valence electrons. The lowest BCUT2D eigenvalue weighted by molar-refractivity contribution is -0.139. The predicted octanol–water partition coefficient (Wildman–Crippen LogP) is 6.48. The zero-order valence-corrected chi connectivity index (χ0v) is 25.8. The molecule has 0 aliphatic carbocycles. The fourth-order valence-corrected chi connectivity index (χ4v) is 5.94. The number of anilines is 1. The highest BCUT2D eigenvalue weighted by Gasteiger charge is 2.33. The molecule has 2 atom stereocenters. The highest BCUT2D eigenvalue weighted by atomic mass is 35.5. The Bertz CT molecular complexity index is 1470. The maximum Gasteiger partial charge on any atom is 0.264 e. The second kappa shape index (κ2) is 13.7. The van der Waals surface area contributed by atoms with E-state index in [9.17, 15) is 18.0 Å². The van der Waals surface area contributed by atoms with Gasteiger partial charge in [-0.15, -0.1) is 0 Å². The fraction of sp³-hybridized carbons (Fsp3) is 0.310.